The fraction of sp³-hybridized carbons (Fsp3) is 0.769. The molecule has 2 aliphatic carbocycles. The number of esters is 4. The Hall–Kier alpha value is -2.21. The predicted octanol–water partition coefficient (Wildman–Crippen LogP) is 1.19. The molecule has 4 rings (SSSR count). The second-order valence-electron chi connectivity index (χ2n) is 11.2. The largest absolute Gasteiger partial charge is 0.462 e. The van der Waals surface area contributed by atoms with Crippen molar-refractivity contribution in [1.29, 1.82) is 0 Å². The van der Waals surface area contributed by atoms with Gasteiger partial charge in [0.05, 0.1) is 35.0 Å². The lowest BCUT2D eigenvalue weighted by molar-refractivity contribution is -0.246. The zero-order chi connectivity index (χ0) is 28.4. The Morgan fingerprint density at radius 1 is 1.08 bits per heavy atom. The maximum Gasteiger partial charge on any atom is 0.312 e. The zero-order valence-corrected chi connectivity index (χ0v) is 22.9. The minimum absolute atomic E-state index is 0.00926. The molecule has 11 unspecified atom stereocenters. The summed E-state index contributed by atoms with van der Waals surface area (Å²) in [6.07, 6.45) is -5.85. The van der Waals surface area contributed by atoms with Gasteiger partial charge in [-0.3, -0.25) is 19.2 Å². The first-order valence-electron chi connectivity index (χ1n) is 12.7. The highest BCUT2D eigenvalue weighted by Gasteiger charge is 2.76. The third-order valence-electron chi connectivity index (χ3n) is 8.87. The van der Waals surface area contributed by atoms with Gasteiger partial charge in [-0.25, -0.2) is 0 Å². The van der Waals surface area contributed by atoms with Gasteiger partial charge in [-0.1, -0.05) is 13.5 Å². The summed E-state index contributed by atoms with van der Waals surface area (Å²) >= 11 is 6.69. The number of epoxide rings is 1. The summed E-state index contributed by atoms with van der Waals surface area (Å²) < 4.78 is 28.9. The van der Waals surface area contributed by atoms with Crippen LogP contribution in [-0.4, -0.2) is 87.8 Å². The molecular weight excluding hydrogens is 524 g/mol. The predicted molar refractivity (Wildman–Crippen MR) is 130 cm³/mol. The van der Waals surface area contributed by atoms with Crippen LogP contribution >= 0.6 is 11.6 Å². The molecule has 11 nitrogen and oxygen atoms in total. The van der Waals surface area contributed by atoms with Crippen molar-refractivity contribution in [3.05, 3.63) is 12.2 Å². The minimum Gasteiger partial charge on any atom is -0.462 e. The van der Waals surface area contributed by atoms with Gasteiger partial charge >= 0.3 is 23.9 Å². The van der Waals surface area contributed by atoms with Gasteiger partial charge in [-0.2, -0.15) is 0 Å². The second-order valence-corrected chi connectivity index (χ2v) is 11.6. The topological polar surface area (TPSA) is 158 Å². The van der Waals surface area contributed by atoms with E-state index >= 15 is 0 Å². The maximum atomic E-state index is 12.9. The Morgan fingerprint density at radius 2 is 1.63 bits per heavy atom. The molecule has 2 saturated heterocycles. The van der Waals surface area contributed by atoms with E-state index in [-0.39, 0.29) is 18.6 Å². The summed E-state index contributed by atoms with van der Waals surface area (Å²) in [6, 6.07) is 0. The van der Waals surface area contributed by atoms with Crippen LogP contribution in [0, 0.1) is 17.3 Å². The Balaban J connectivity index is 2.03. The van der Waals surface area contributed by atoms with Crippen LogP contribution in [0.5, 0.6) is 0 Å². The molecule has 0 bridgehead atoms. The molecule has 0 aromatic carbocycles. The highest BCUT2D eigenvalue weighted by atomic mass is 35.5. The molecule has 0 aromatic rings. The van der Waals surface area contributed by atoms with E-state index in [1.54, 1.807) is 6.92 Å². The third-order valence-corrected chi connectivity index (χ3v) is 9.38. The van der Waals surface area contributed by atoms with Crippen LogP contribution in [0.3, 0.4) is 0 Å². The molecule has 0 aromatic heterocycles. The van der Waals surface area contributed by atoms with E-state index < -0.39 is 88.2 Å². The van der Waals surface area contributed by atoms with E-state index in [1.165, 1.54) is 20.8 Å². The normalized spacial score (nSPS) is 46.3. The number of carbonyl (C=O) groups is 4. The minimum atomic E-state index is -2.21. The lowest BCUT2D eigenvalue weighted by Gasteiger charge is -2.57. The SMILES string of the molecule is C=C1C(O)CC(OC(C)=O)C2(C)C(OC(C)=O)CCC3(CO3)C2C(OC(C)=O)C2(O)C(C)C(=O)OC2C1Cl. The highest BCUT2D eigenvalue weighted by molar-refractivity contribution is 6.23. The average molecular weight is 559 g/mol. The van der Waals surface area contributed by atoms with E-state index in [0.717, 1.165) is 6.92 Å². The smallest absolute Gasteiger partial charge is 0.312 e. The fourth-order valence-electron chi connectivity index (χ4n) is 6.85. The van der Waals surface area contributed by atoms with E-state index in [1.807, 2.05) is 0 Å². The molecule has 1 spiro atoms. The van der Waals surface area contributed by atoms with Gasteiger partial charge in [0.25, 0.3) is 0 Å². The van der Waals surface area contributed by atoms with Gasteiger partial charge in [0.2, 0.25) is 0 Å². The van der Waals surface area contributed by atoms with Crippen LogP contribution in [0.4, 0.5) is 0 Å². The van der Waals surface area contributed by atoms with Crippen molar-refractivity contribution in [3.63, 3.8) is 0 Å². The van der Waals surface area contributed by atoms with Crippen molar-refractivity contribution < 1.29 is 53.1 Å². The number of carbonyl (C=O) groups excluding carboxylic acids is 4. The molecular formula is C26H35ClO11. The number of aliphatic hydroxyl groups excluding tert-OH is 1. The van der Waals surface area contributed by atoms with Crippen molar-refractivity contribution in [1.82, 2.24) is 0 Å². The number of fused-ring (bicyclic) bond motifs is 3. The molecule has 212 valence electrons. The van der Waals surface area contributed by atoms with E-state index in [2.05, 4.69) is 6.58 Å². The monoisotopic (exact) mass is 558 g/mol. The summed E-state index contributed by atoms with van der Waals surface area (Å²) in [4.78, 5) is 50.0. The van der Waals surface area contributed by atoms with E-state index in [0.29, 0.717) is 12.8 Å². The molecule has 11 atom stereocenters. The van der Waals surface area contributed by atoms with Crippen molar-refractivity contribution in [2.75, 3.05) is 6.61 Å². The maximum absolute atomic E-state index is 12.9. The number of halogens is 1. The highest BCUT2D eigenvalue weighted by Crippen LogP contribution is 2.62. The Kier molecular flexibility index (Phi) is 7.40. The number of rotatable bonds is 3. The van der Waals surface area contributed by atoms with Crippen LogP contribution in [-0.2, 0) is 42.9 Å². The van der Waals surface area contributed by atoms with Crippen LogP contribution < -0.4 is 0 Å². The third kappa shape index (κ3) is 4.41. The second kappa shape index (κ2) is 9.76. The number of ether oxygens (including phenoxy) is 5. The van der Waals surface area contributed by atoms with Gasteiger partial charge in [-0.05, 0) is 25.3 Å². The summed E-state index contributed by atoms with van der Waals surface area (Å²) in [6.45, 7) is 10.8. The summed E-state index contributed by atoms with van der Waals surface area (Å²) in [5.41, 5.74) is -4.55. The van der Waals surface area contributed by atoms with Gasteiger partial charge in [0, 0.05) is 33.1 Å². The molecule has 12 heteroatoms. The molecule has 2 N–H and O–H groups in total. The van der Waals surface area contributed by atoms with Crippen LogP contribution in [0.1, 0.15) is 53.9 Å². The van der Waals surface area contributed by atoms with Crippen LogP contribution in [0.2, 0.25) is 0 Å². The summed E-state index contributed by atoms with van der Waals surface area (Å²) in [5, 5.41) is 22.3. The first-order chi connectivity index (χ1) is 17.6. The summed E-state index contributed by atoms with van der Waals surface area (Å²) in [5.74, 6) is -5.00. The Morgan fingerprint density at radius 3 is 2.16 bits per heavy atom. The van der Waals surface area contributed by atoms with Gasteiger partial charge in [0.1, 0.15) is 18.3 Å². The van der Waals surface area contributed by atoms with Gasteiger partial charge in [-0.15, -0.1) is 11.6 Å². The molecule has 4 fully saturated rings. The molecule has 0 radical (unpaired) electrons. The molecule has 2 heterocycles. The molecule has 2 aliphatic heterocycles. The average Bonchev–Trinajstić information content (AvgIpc) is 3.55. The van der Waals surface area contributed by atoms with Crippen molar-refractivity contribution in [3.8, 4) is 0 Å². The van der Waals surface area contributed by atoms with Crippen LogP contribution in [0.25, 0.3) is 0 Å². The lowest BCUT2D eigenvalue weighted by Crippen LogP contribution is -2.70. The molecule has 2 saturated carbocycles. The van der Waals surface area contributed by atoms with E-state index in [9.17, 15) is 29.4 Å². The number of aliphatic hydroxyl groups is 2. The first kappa shape index (κ1) is 28.8. The fourth-order valence-corrected chi connectivity index (χ4v) is 7.25. The zero-order valence-electron chi connectivity index (χ0n) is 22.1. The molecule has 0 amide bonds. The number of hydrogen-bond donors (Lipinski definition) is 2. The quantitative estimate of drug-likeness (QED) is 0.168. The van der Waals surface area contributed by atoms with Crippen molar-refractivity contribution in [2.45, 2.75) is 101 Å². The number of alkyl halides is 1. The Bertz CT molecular complexity index is 1040. The van der Waals surface area contributed by atoms with Crippen LogP contribution in [0.15, 0.2) is 12.2 Å². The first-order valence-corrected chi connectivity index (χ1v) is 13.1. The lowest BCUT2D eigenvalue weighted by atomic mass is 9.52. The van der Waals surface area contributed by atoms with Crippen molar-refractivity contribution in [2.24, 2.45) is 17.3 Å². The van der Waals surface area contributed by atoms with Gasteiger partial charge in [0.15, 0.2) is 11.7 Å². The summed E-state index contributed by atoms with van der Waals surface area (Å²) in [7, 11) is 0. The van der Waals surface area contributed by atoms with Crippen molar-refractivity contribution >= 4 is 35.5 Å². The van der Waals surface area contributed by atoms with Gasteiger partial charge < -0.3 is 33.9 Å². The molecule has 38 heavy (non-hydrogen) atoms. The molecule has 4 aliphatic rings. The standard InChI is InChI=1S/C26H35ClO11/c1-11-16(31)9-18(36-14(4)29)24(6)17(35-13(3)28)7-8-25(10-34-25)20(24)22(37-15(5)30)26(33)12(2)23(32)38-21(26)19(11)27/h12,16-22,31,33H,1,7-10H2,2-6H3. The number of hydrogen-bond acceptors (Lipinski definition) is 11. The Labute approximate surface area is 225 Å². The van der Waals surface area contributed by atoms with E-state index in [4.69, 9.17) is 35.3 Å².